The second-order valence-electron chi connectivity index (χ2n) is 5.78. The maximum Gasteiger partial charge on any atom is 0.325 e. The van der Waals surface area contributed by atoms with E-state index in [0.717, 1.165) is 10.5 Å². The van der Waals surface area contributed by atoms with Crippen molar-refractivity contribution in [1.29, 1.82) is 0 Å². The summed E-state index contributed by atoms with van der Waals surface area (Å²) in [5.41, 5.74) is 1.01. The second-order valence-corrected chi connectivity index (χ2v) is 5.78. The summed E-state index contributed by atoms with van der Waals surface area (Å²) >= 11 is 0. The first kappa shape index (κ1) is 15.5. The van der Waals surface area contributed by atoms with Crippen molar-refractivity contribution in [2.45, 2.75) is 19.1 Å². The summed E-state index contributed by atoms with van der Waals surface area (Å²) in [6.07, 6.45) is -0.312. The van der Waals surface area contributed by atoms with Crippen LogP contribution in [-0.4, -0.2) is 59.9 Å². The van der Waals surface area contributed by atoms with Crippen molar-refractivity contribution in [3.8, 4) is 0 Å². The van der Waals surface area contributed by atoms with Crippen LogP contribution in [0, 0.1) is 0 Å². The van der Waals surface area contributed by atoms with E-state index < -0.39 is 6.03 Å². The van der Waals surface area contributed by atoms with Gasteiger partial charge in [0.05, 0.1) is 19.2 Å². The van der Waals surface area contributed by atoms with Crippen molar-refractivity contribution in [2.75, 3.05) is 26.2 Å². The molecule has 0 aromatic heterocycles. The molecule has 2 atom stereocenters. The van der Waals surface area contributed by atoms with Gasteiger partial charge in [-0.2, -0.15) is 0 Å². The maximum absolute atomic E-state index is 12.5. The fourth-order valence-electron chi connectivity index (χ4n) is 2.86. The van der Waals surface area contributed by atoms with Gasteiger partial charge in [-0.15, -0.1) is 0 Å². The van der Waals surface area contributed by atoms with Crippen LogP contribution in [0.1, 0.15) is 18.6 Å². The number of imide groups is 1. The smallest absolute Gasteiger partial charge is 0.325 e. The number of rotatable bonds is 3. The number of hydrogen-bond acceptors (Lipinski definition) is 4. The highest BCUT2D eigenvalue weighted by Gasteiger charge is 2.34. The van der Waals surface area contributed by atoms with Crippen molar-refractivity contribution in [2.24, 2.45) is 0 Å². The third-order valence-electron chi connectivity index (χ3n) is 4.01. The number of carbonyl (C=O) groups is 3. The minimum absolute atomic E-state index is 0.0434. The molecule has 0 spiro atoms. The molecule has 2 saturated heterocycles. The van der Waals surface area contributed by atoms with Crippen molar-refractivity contribution in [3.05, 3.63) is 35.9 Å². The lowest BCUT2D eigenvalue weighted by Gasteiger charge is -2.37. The zero-order chi connectivity index (χ0) is 16.4. The molecule has 1 aromatic rings. The molecule has 7 nitrogen and oxygen atoms in total. The summed E-state index contributed by atoms with van der Waals surface area (Å²) < 4.78 is 5.91. The predicted octanol–water partition coefficient (Wildman–Crippen LogP) is 0.527. The number of amides is 4. The van der Waals surface area contributed by atoms with Crippen LogP contribution >= 0.6 is 0 Å². The predicted molar refractivity (Wildman–Crippen MR) is 81.4 cm³/mol. The molecule has 0 radical (unpaired) electrons. The Morgan fingerprint density at radius 1 is 1.26 bits per heavy atom. The summed E-state index contributed by atoms with van der Waals surface area (Å²) in [7, 11) is 0. The monoisotopic (exact) mass is 317 g/mol. The number of nitrogens with one attached hydrogen (secondary N) is 1. The molecule has 3 rings (SSSR count). The number of hydrogen-bond donors (Lipinski definition) is 1. The zero-order valence-electron chi connectivity index (χ0n) is 12.9. The Morgan fingerprint density at radius 2 is 2.00 bits per heavy atom. The third-order valence-corrected chi connectivity index (χ3v) is 4.01. The largest absolute Gasteiger partial charge is 0.367 e. The van der Waals surface area contributed by atoms with E-state index in [0.29, 0.717) is 13.1 Å². The van der Waals surface area contributed by atoms with Crippen LogP contribution in [0.3, 0.4) is 0 Å². The average molecular weight is 317 g/mol. The number of ether oxygens (including phenoxy) is 1. The molecule has 1 aromatic carbocycles. The normalized spacial score (nSPS) is 24.7. The van der Waals surface area contributed by atoms with Gasteiger partial charge in [0, 0.05) is 6.54 Å². The van der Waals surface area contributed by atoms with E-state index in [1.807, 2.05) is 37.3 Å². The van der Waals surface area contributed by atoms with Gasteiger partial charge >= 0.3 is 6.03 Å². The summed E-state index contributed by atoms with van der Waals surface area (Å²) in [6, 6.07) is 9.20. The van der Waals surface area contributed by atoms with Gasteiger partial charge in [-0.3, -0.25) is 14.5 Å². The van der Waals surface area contributed by atoms with E-state index in [4.69, 9.17) is 4.74 Å². The van der Waals surface area contributed by atoms with Crippen LogP contribution in [0.5, 0.6) is 0 Å². The van der Waals surface area contributed by atoms with Crippen LogP contribution in [0.4, 0.5) is 4.79 Å². The Balaban J connectivity index is 1.68. The maximum atomic E-state index is 12.5. The molecule has 2 aliphatic heterocycles. The van der Waals surface area contributed by atoms with Crippen LogP contribution in [-0.2, 0) is 14.3 Å². The molecule has 2 heterocycles. The van der Waals surface area contributed by atoms with Crippen LogP contribution < -0.4 is 5.32 Å². The standard InChI is InChI=1S/C16H19N3O4/c1-11-8-18(9-13(23-11)12-5-3-2-4-6-12)15(21)10-19-14(20)7-17-16(19)22/h2-6,11,13H,7-10H2,1H3,(H,17,22)/t11-,13-/m1/s1. The summed E-state index contributed by atoms with van der Waals surface area (Å²) in [4.78, 5) is 38.2. The van der Waals surface area contributed by atoms with Crippen LogP contribution in [0.2, 0.25) is 0 Å². The molecule has 23 heavy (non-hydrogen) atoms. The highest BCUT2D eigenvalue weighted by Crippen LogP contribution is 2.25. The molecule has 122 valence electrons. The van der Waals surface area contributed by atoms with E-state index in [1.54, 1.807) is 4.90 Å². The van der Waals surface area contributed by atoms with Crippen molar-refractivity contribution in [3.63, 3.8) is 0 Å². The molecule has 0 aliphatic carbocycles. The number of urea groups is 1. The van der Waals surface area contributed by atoms with Gasteiger partial charge in [0.15, 0.2) is 0 Å². The number of carbonyl (C=O) groups excluding carboxylic acids is 3. The van der Waals surface area contributed by atoms with E-state index in [1.165, 1.54) is 0 Å². The second kappa shape index (κ2) is 6.37. The number of nitrogens with zero attached hydrogens (tertiary/aromatic N) is 2. The lowest BCUT2D eigenvalue weighted by molar-refractivity contribution is -0.147. The fourth-order valence-corrected chi connectivity index (χ4v) is 2.86. The molecule has 7 heteroatoms. The van der Waals surface area contributed by atoms with Crippen LogP contribution in [0.25, 0.3) is 0 Å². The molecule has 2 fully saturated rings. The highest BCUT2D eigenvalue weighted by molar-refractivity contribution is 6.04. The van der Waals surface area contributed by atoms with E-state index in [-0.39, 0.29) is 37.1 Å². The van der Waals surface area contributed by atoms with Crippen molar-refractivity contribution in [1.82, 2.24) is 15.1 Å². The van der Waals surface area contributed by atoms with E-state index in [2.05, 4.69) is 5.32 Å². The van der Waals surface area contributed by atoms with E-state index in [9.17, 15) is 14.4 Å². The first-order valence-electron chi connectivity index (χ1n) is 7.61. The summed E-state index contributed by atoms with van der Waals surface area (Å²) in [6.45, 7) is 2.50. The Hall–Kier alpha value is -2.41. The quantitative estimate of drug-likeness (QED) is 0.825. The Bertz CT molecular complexity index is 603. The number of benzene rings is 1. The van der Waals surface area contributed by atoms with Gasteiger partial charge in [-0.1, -0.05) is 30.3 Å². The van der Waals surface area contributed by atoms with Gasteiger partial charge in [-0.25, -0.2) is 4.79 Å². The average Bonchev–Trinajstić information content (AvgIpc) is 2.87. The summed E-state index contributed by atoms with van der Waals surface area (Å²) in [5.74, 6) is -0.615. The van der Waals surface area contributed by atoms with Gasteiger partial charge < -0.3 is 15.0 Å². The van der Waals surface area contributed by atoms with Gasteiger partial charge in [0.2, 0.25) is 5.91 Å². The topological polar surface area (TPSA) is 79.0 Å². The Morgan fingerprint density at radius 3 is 2.65 bits per heavy atom. The lowest BCUT2D eigenvalue weighted by atomic mass is 10.1. The summed E-state index contributed by atoms with van der Waals surface area (Å²) in [5, 5.41) is 2.41. The van der Waals surface area contributed by atoms with E-state index >= 15 is 0 Å². The lowest BCUT2D eigenvalue weighted by Crippen LogP contribution is -2.50. The SMILES string of the molecule is C[C@@H]1CN(C(=O)CN2C(=O)CNC2=O)C[C@H](c2ccccc2)O1. The van der Waals surface area contributed by atoms with Gasteiger partial charge in [0.1, 0.15) is 12.6 Å². The third kappa shape index (κ3) is 3.34. The molecule has 4 amide bonds. The van der Waals surface area contributed by atoms with Crippen molar-refractivity contribution >= 4 is 17.8 Å². The first-order chi connectivity index (χ1) is 11.0. The van der Waals surface area contributed by atoms with Gasteiger partial charge in [-0.05, 0) is 12.5 Å². The Kier molecular flexibility index (Phi) is 4.29. The molecule has 0 saturated carbocycles. The Labute approximate surface area is 134 Å². The molecule has 0 bridgehead atoms. The fraction of sp³-hybridized carbons (Fsp3) is 0.438. The molecular formula is C16H19N3O4. The van der Waals surface area contributed by atoms with Crippen LogP contribution in [0.15, 0.2) is 30.3 Å². The minimum Gasteiger partial charge on any atom is -0.367 e. The molecule has 1 N–H and O–H groups in total. The molecule has 0 unspecified atom stereocenters. The molecular weight excluding hydrogens is 298 g/mol. The van der Waals surface area contributed by atoms with Gasteiger partial charge in [0.25, 0.3) is 5.91 Å². The zero-order valence-corrected chi connectivity index (χ0v) is 12.9. The first-order valence-corrected chi connectivity index (χ1v) is 7.61. The number of morpholine rings is 1. The van der Waals surface area contributed by atoms with Crippen molar-refractivity contribution < 1.29 is 19.1 Å². The molecule has 2 aliphatic rings. The minimum atomic E-state index is -0.510. The highest BCUT2D eigenvalue weighted by atomic mass is 16.5.